The summed E-state index contributed by atoms with van der Waals surface area (Å²) in [4.78, 5) is 20.2. The minimum absolute atomic E-state index is 0.358. The molecular weight excluding hydrogens is 399 g/mol. The largest absolute Gasteiger partial charge is 0.405 e. The van der Waals surface area contributed by atoms with E-state index in [4.69, 9.17) is 0 Å². The average molecular weight is 415 g/mol. The fourth-order valence-corrected chi connectivity index (χ4v) is 2.98. The second-order valence-electron chi connectivity index (χ2n) is 6.48. The van der Waals surface area contributed by atoms with E-state index in [0.717, 1.165) is 22.8 Å². The van der Waals surface area contributed by atoms with Crippen molar-refractivity contribution in [2.24, 2.45) is 0 Å². The van der Waals surface area contributed by atoms with E-state index in [-0.39, 0.29) is 0 Å². The van der Waals surface area contributed by atoms with Gasteiger partial charge in [0.2, 0.25) is 0 Å². The summed E-state index contributed by atoms with van der Waals surface area (Å²) in [5, 5.41) is 8.35. The number of hydrogen-bond donors (Lipinski definition) is 2. The highest BCUT2D eigenvalue weighted by atomic mass is 19.4. The highest BCUT2D eigenvalue weighted by Crippen LogP contribution is 2.25. The zero-order valence-corrected chi connectivity index (χ0v) is 15.7. The smallest absolute Gasteiger partial charge is 0.329 e. The van der Waals surface area contributed by atoms with Gasteiger partial charge < -0.3 is 10.6 Å². The van der Waals surface area contributed by atoms with Gasteiger partial charge in [0.25, 0.3) is 0 Å². The Balaban J connectivity index is 1.58. The third-order valence-electron chi connectivity index (χ3n) is 4.33. The van der Waals surface area contributed by atoms with Gasteiger partial charge in [0.1, 0.15) is 24.3 Å². The first-order chi connectivity index (χ1) is 14.3. The molecule has 154 valence electrons. The SMILES string of the molecule is Cc1ncnn1-c1ccn2c(-c3cccc(NC(=O)NCC(F)(F)F)c3)cnc2c1. The summed E-state index contributed by atoms with van der Waals surface area (Å²) in [6, 6.07) is 9.55. The number of nitrogens with zero attached hydrogens (tertiary/aromatic N) is 5. The number of amides is 2. The first kappa shape index (κ1) is 19.4. The molecule has 2 amide bonds. The second-order valence-corrected chi connectivity index (χ2v) is 6.48. The molecule has 30 heavy (non-hydrogen) atoms. The van der Waals surface area contributed by atoms with Crippen LogP contribution in [0.25, 0.3) is 22.6 Å². The lowest BCUT2D eigenvalue weighted by molar-refractivity contribution is -0.122. The van der Waals surface area contributed by atoms with Gasteiger partial charge in [-0.25, -0.2) is 19.4 Å². The van der Waals surface area contributed by atoms with Crippen molar-refractivity contribution >= 4 is 17.4 Å². The van der Waals surface area contributed by atoms with Crippen molar-refractivity contribution in [3.63, 3.8) is 0 Å². The Bertz CT molecular complexity index is 1210. The molecule has 2 N–H and O–H groups in total. The molecule has 3 aromatic heterocycles. The second kappa shape index (κ2) is 7.50. The Morgan fingerprint density at radius 2 is 2.00 bits per heavy atom. The molecule has 0 fully saturated rings. The number of carbonyl (C=O) groups excluding carboxylic acids is 1. The van der Waals surface area contributed by atoms with Crippen LogP contribution < -0.4 is 10.6 Å². The first-order valence-electron chi connectivity index (χ1n) is 8.86. The normalized spacial score (nSPS) is 11.6. The van der Waals surface area contributed by atoms with Crippen LogP contribution in [0.15, 0.2) is 55.1 Å². The number of halogens is 3. The number of rotatable bonds is 4. The van der Waals surface area contributed by atoms with Crippen molar-refractivity contribution in [3.05, 3.63) is 60.9 Å². The molecule has 8 nitrogen and oxygen atoms in total. The lowest BCUT2D eigenvalue weighted by Crippen LogP contribution is -2.36. The molecule has 4 aromatic rings. The first-order valence-corrected chi connectivity index (χ1v) is 8.86. The molecule has 0 aliphatic carbocycles. The van der Waals surface area contributed by atoms with E-state index in [1.165, 1.54) is 6.33 Å². The maximum Gasteiger partial charge on any atom is 0.405 e. The molecule has 0 saturated heterocycles. The van der Waals surface area contributed by atoms with E-state index in [2.05, 4.69) is 20.4 Å². The van der Waals surface area contributed by atoms with E-state index < -0.39 is 18.8 Å². The van der Waals surface area contributed by atoms with Crippen LogP contribution in [0.1, 0.15) is 5.82 Å². The van der Waals surface area contributed by atoms with E-state index in [0.29, 0.717) is 11.3 Å². The van der Waals surface area contributed by atoms with Crippen molar-refractivity contribution in [3.8, 4) is 16.9 Å². The van der Waals surface area contributed by atoms with Gasteiger partial charge >= 0.3 is 12.2 Å². The van der Waals surface area contributed by atoms with Gasteiger partial charge in [0, 0.05) is 23.5 Å². The number of carbonyl (C=O) groups is 1. The van der Waals surface area contributed by atoms with Crippen molar-refractivity contribution in [2.75, 3.05) is 11.9 Å². The Kier molecular flexibility index (Phi) is 4.86. The molecule has 0 atom stereocenters. The highest BCUT2D eigenvalue weighted by molar-refractivity contribution is 5.90. The number of pyridine rings is 1. The maximum atomic E-state index is 12.2. The average Bonchev–Trinajstić information content (AvgIpc) is 3.31. The van der Waals surface area contributed by atoms with Crippen LogP contribution in [-0.2, 0) is 0 Å². The Morgan fingerprint density at radius 1 is 1.17 bits per heavy atom. The van der Waals surface area contributed by atoms with E-state index in [9.17, 15) is 18.0 Å². The van der Waals surface area contributed by atoms with Crippen LogP contribution in [0.3, 0.4) is 0 Å². The van der Waals surface area contributed by atoms with Gasteiger partial charge in [-0.15, -0.1) is 0 Å². The Hall–Kier alpha value is -3.89. The molecule has 0 saturated carbocycles. The molecule has 4 rings (SSSR count). The number of aromatic nitrogens is 5. The minimum atomic E-state index is -4.47. The van der Waals surface area contributed by atoms with Crippen LogP contribution in [0.5, 0.6) is 0 Å². The van der Waals surface area contributed by atoms with E-state index in [1.54, 1.807) is 34.4 Å². The van der Waals surface area contributed by atoms with E-state index in [1.807, 2.05) is 35.7 Å². The van der Waals surface area contributed by atoms with Gasteiger partial charge in [-0.2, -0.15) is 18.3 Å². The summed E-state index contributed by atoms with van der Waals surface area (Å²) in [6.45, 7) is 0.441. The molecule has 1 aromatic carbocycles. The number of aryl methyl sites for hydroxylation is 1. The van der Waals surface area contributed by atoms with Crippen molar-refractivity contribution in [1.82, 2.24) is 29.5 Å². The maximum absolute atomic E-state index is 12.2. The highest BCUT2D eigenvalue weighted by Gasteiger charge is 2.27. The summed E-state index contributed by atoms with van der Waals surface area (Å²) >= 11 is 0. The molecule has 0 aliphatic heterocycles. The summed E-state index contributed by atoms with van der Waals surface area (Å²) in [7, 11) is 0. The number of anilines is 1. The number of urea groups is 1. The Labute approximate surface area is 168 Å². The topological polar surface area (TPSA) is 89.1 Å². The number of alkyl halides is 3. The van der Waals surface area contributed by atoms with Crippen LogP contribution in [-0.4, -0.2) is 42.9 Å². The fraction of sp³-hybridized carbons (Fsp3) is 0.158. The number of benzene rings is 1. The third-order valence-corrected chi connectivity index (χ3v) is 4.33. The lowest BCUT2D eigenvalue weighted by atomic mass is 10.1. The molecule has 11 heteroatoms. The molecule has 0 bridgehead atoms. The standard InChI is InChI=1S/C19H16F3N7O/c1-12-25-11-26-29(12)15-5-6-28-16(9-23-17(28)8-15)13-3-2-4-14(7-13)27-18(30)24-10-19(20,21)22/h2-9,11H,10H2,1H3,(H2,24,27,30). The zero-order valence-electron chi connectivity index (χ0n) is 15.7. The number of imidazole rings is 1. The summed E-state index contributed by atoms with van der Waals surface area (Å²) < 4.78 is 40.2. The van der Waals surface area contributed by atoms with Crippen molar-refractivity contribution in [2.45, 2.75) is 13.1 Å². The van der Waals surface area contributed by atoms with Gasteiger partial charge in [-0.05, 0) is 25.1 Å². The summed E-state index contributed by atoms with van der Waals surface area (Å²) in [5.74, 6) is 0.744. The van der Waals surface area contributed by atoms with Crippen LogP contribution in [0, 0.1) is 6.92 Å². The predicted octanol–water partition coefficient (Wildman–Crippen LogP) is 3.57. The molecule has 0 unspecified atom stereocenters. The third kappa shape index (κ3) is 4.09. The van der Waals surface area contributed by atoms with Gasteiger partial charge in [0.15, 0.2) is 0 Å². The van der Waals surface area contributed by atoms with Crippen molar-refractivity contribution < 1.29 is 18.0 Å². The molecule has 3 heterocycles. The van der Waals surface area contributed by atoms with Gasteiger partial charge in [-0.3, -0.25) is 4.40 Å². The Morgan fingerprint density at radius 3 is 2.73 bits per heavy atom. The van der Waals surface area contributed by atoms with Gasteiger partial charge in [-0.1, -0.05) is 12.1 Å². The minimum Gasteiger partial charge on any atom is -0.329 e. The molecule has 0 aliphatic rings. The number of nitrogens with one attached hydrogen (secondary N) is 2. The zero-order chi connectivity index (χ0) is 21.3. The quantitative estimate of drug-likeness (QED) is 0.533. The van der Waals surface area contributed by atoms with Crippen molar-refractivity contribution in [1.29, 1.82) is 0 Å². The van der Waals surface area contributed by atoms with Crippen LogP contribution in [0.4, 0.5) is 23.7 Å². The summed E-state index contributed by atoms with van der Waals surface area (Å²) in [5.41, 5.74) is 3.34. The number of hydrogen-bond acceptors (Lipinski definition) is 4. The lowest BCUT2D eigenvalue weighted by Gasteiger charge is -2.11. The van der Waals surface area contributed by atoms with E-state index >= 15 is 0 Å². The monoisotopic (exact) mass is 415 g/mol. The van der Waals surface area contributed by atoms with Gasteiger partial charge in [0.05, 0.1) is 17.6 Å². The molecule has 0 spiro atoms. The summed E-state index contributed by atoms with van der Waals surface area (Å²) in [6.07, 6.45) is 0.514. The molecular formula is C19H16F3N7O. The number of fused-ring (bicyclic) bond motifs is 1. The predicted molar refractivity (Wildman–Crippen MR) is 103 cm³/mol. The van der Waals surface area contributed by atoms with Crippen LogP contribution in [0.2, 0.25) is 0 Å². The molecule has 0 radical (unpaired) electrons. The van der Waals surface area contributed by atoms with Crippen LogP contribution >= 0.6 is 0 Å². The fourth-order valence-electron chi connectivity index (χ4n) is 2.98.